The molecule has 6 heteroatoms. The van der Waals surface area contributed by atoms with E-state index in [0.29, 0.717) is 25.4 Å². The first-order chi connectivity index (χ1) is 11.6. The highest BCUT2D eigenvalue weighted by atomic mass is 16.5. The molecule has 0 aliphatic carbocycles. The van der Waals surface area contributed by atoms with E-state index in [2.05, 4.69) is 10.6 Å². The van der Waals surface area contributed by atoms with E-state index in [1.807, 2.05) is 26.8 Å². The highest BCUT2D eigenvalue weighted by molar-refractivity contribution is 6.06. The molecule has 2 N–H and O–H groups in total. The Morgan fingerprint density at radius 2 is 2.04 bits per heavy atom. The van der Waals surface area contributed by atoms with E-state index in [1.54, 1.807) is 24.3 Å². The van der Waals surface area contributed by atoms with Gasteiger partial charge >= 0.3 is 0 Å². The van der Waals surface area contributed by atoms with Gasteiger partial charge in [0.25, 0.3) is 5.91 Å². The molecule has 0 unspecified atom stereocenters. The molecule has 0 radical (unpaired) electrons. The summed E-state index contributed by atoms with van der Waals surface area (Å²) in [4.78, 5) is 12.1. The molecule has 0 atom stereocenters. The lowest BCUT2D eigenvalue weighted by atomic mass is 10.2. The molecule has 0 bridgehead atoms. The van der Waals surface area contributed by atoms with E-state index >= 15 is 0 Å². The van der Waals surface area contributed by atoms with E-state index in [-0.39, 0.29) is 11.7 Å². The second kappa shape index (κ2) is 11.1. The lowest BCUT2D eigenvalue weighted by Crippen LogP contribution is -2.18. The number of hydrogen-bond donors (Lipinski definition) is 2. The smallest absolute Gasteiger partial charge is 0.267 e. The Kier molecular flexibility index (Phi) is 9.02. The predicted octanol–water partition coefficient (Wildman–Crippen LogP) is 2.84. The topological polar surface area (TPSA) is 83.4 Å². The maximum absolute atomic E-state index is 12.1. The highest BCUT2D eigenvalue weighted by Gasteiger charge is 2.09. The molecular weight excluding hydrogens is 306 g/mol. The first kappa shape index (κ1) is 19.5. The van der Waals surface area contributed by atoms with E-state index in [1.165, 1.54) is 6.20 Å². The number of hydrogen-bond acceptors (Lipinski definition) is 5. The van der Waals surface area contributed by atoms with Crippen molar-refractivity contribution in [2.45, 2.75) is 33.3 Å². The van der Waals surface area contributed by atoms with Gasteiger partial charge in [0, 0.05) is 25.0 Å². The lowest BCUT2D eigenvalue weighted by Gasteiger charge is -2.08. The first-order valence-electron chi connectivity index (χ1n) is 8.06. The second-order valence-electron chi connectivity index (χ2n) is 5.31. The lowest BCUT2D eigenvalue weighted by molar-refractivity contribution is -0.112. The van der Waals surface area contributed by atoms with Gasteiger partial charge in [-0.05, 0) is 51.5 Å². The largest absolute Gasteiger partial charge is 0.494 e. The van der Waals surface area contributed by atoms with E-state index < -0.39 is 5.91 Å². The van der Waals surface area contributed by atoms with Gasteiger partial charge in [-0.15, -0.1) is 0 Å². The Hall–Kier alpha value is -2.52. The standard InChI is InChI=1S/C18H25N3O3/c1-4-23-17-8-6-16(7-9-17)21-18(22)15(12-19)13-20-10-5-11-24-14(2)3/h6-9,13-14,20H,4-5,10-11H2,1-3H3,(H,21,22)/b15-13-. The summed E-state index contributed by atoms with van der Waals surface area (Å²) in [5, 5.41) is 14.7. The van der Waals surface area contributed by atoms with Crippen molar-refractivity contribution in [3.63, 3.8) is 0 Å². The maximum Gasteiger partial charge on any atom is 0.267 e. The predicted molar refractivity (Wildman–Crippen MR) is 93.6 cm³/mol. The van der Waals surface area contributed by atoms with Crippen molar-refractivity contribution in [1.29, 1.82) is 5.26 Å². The Morgan fingerprint density at radius 3 is 2.62 bits per heavy atom. The summed E-state index contributed by atoms with van der Waals surface area (Å²) in [7, 11) is 0. The van der Waals surface area contributed by atoms with Crippen molar-refractivity contribution in [2.24, 2.45) is 0 Å². The van der Waals surface area contributed by atoms with Crippen LogP contribution in [0.4, 0.5) is 5.69 Å². The number of carbonyl (C=O) groups is 1. The van der Waals surface area contributed by atoms with Gasteiger partial charge in [-0.25, -0.2) is 0 Å². The molecule has 6 nitrogen and oxygen atoms in total. The summed E-state index contributed by atoms with van der Waals surface area (Å²) in [5.74, 6) is 0.282. The van der Waals surface area contributed by atoms with Gasteiger partial charge < -0.3 is 20.1 Å². The molecule has 24 heavy (non-hydrogen) atoms. The molecule has 1 aromatic carbocycles. The van der Waals surface area contributed by atoms with E-state index in [4.69, 9.17) is 14.7 Å². The van der Waals surface area contributed by atoms with Crippen LogP contribution in [0.1, 0.15) is 27.2 Å². The van der Waals surface area contributed by atoms with Gasteiger partial charge in [0.15, 0.2) is 0 Å². The number of rotatable bonds is 10. The summed E-state index contributed by atoms with van der Waals surface area (Å²) in [6.07, 6.45) is 2.43. The maximum atomic E-state index is 12.1. The van der Waals surface area contributed by atoms with Crippen LogP contribution in [0.25, 0.3) is 0 Å². The summed E-state index contributed by atoms with van der Waals surface area (Å²) in [6, 6.07) is 8.89. The number of nitriles is 1. The SMILES string of the molecule is CCOc1ccc(NC(=O)/C(C#N)=C\NCCCOC(C)C)cc1. The van der Waals surface area contributed by atoms with Gasteiger partial charge in [0.05, 0.1) is 12.7 Å². The zero-order valence-corrected chi connectivity index (χ0v) is 14.5. The van der Waals surface area contributed by atoms with Crippen molar-refractivity contribution < 1.29 is 14.3 Å². The van der Waals surface area contributed by atoms with Crippen molar-refractivity contribution in [2.75, 3.05) is 25.1 Å². The molecule has 0 spiro atoms. The van der Waals surface area contributed by atoms with Crippen LogP contribution < -0.4 is 15.4 Å². The zero-order valence-electron chi connectivity index (χ0n) is 14.5. The monoisotopic (exact) mass is 331 g/mol. The zero-order chi connectivity index (χ0) is 17.8. The Morgan fingerprint density at radius 1 is 1.33 bits per heavy atom. The molecule has 1 amide bonds. The summed E-state index contributed by atoms with van der Waals surface area (Å²) in [6.45, 7) is 7.72. The van der Waals surface area contributed by atoms with Crippen molar-refractivity contribution >= 4 is 11.6 Å². The van der Waals surface area contributed by atoms with Crippen LogP contribution in [0.15, 0.2) is 36.0 Å². The number of amides is 1. The van der Waals surface area contributed by atoms with Crippen LogP contribution >= 0.6 is 0 Å². The second-order valence-corrected chi connectivity index (χ2v) is 5.31. The van der Waals surface area contributed by atoms with Gasteiger partial charge in [0.2, 0.25) is 0 Å². The number of nitrogens with one attached hydrogen (secondary N) is 2. The number of ether oxygens (including phenoxy) is 2. The molecule has 0 saturated heterocycles. The van der Waals surface area contributed by atoms with Crippen LogP contribution in [-0.2, 0) is 9.53 Å². The molecule has 0 saturated carbocycles. The fourth-order valence-corrected chi connectivity index (χ4v) is 1.82. The summed E-state index contributed by atoms with van der Waals surface area (Å²) < 4.78 is 10.8. The molecule has 1 aromatic rings. The minimum Gasteiger partial charge on any atom is -0.494 e. The summed E-state index contributed by atoms with van der Waals surface area (Å²) >= 11 is 0. The molecule has 130 valence electrons. The van der Waals surface area contributed by atoms with Crippen LogP contribution in [0.5, 0.6) is 5.75 Å². The Balaban J connectivity index is 2.45. The number of nitrogens with zero attached hydrogens (tertiary/aromatic N) is 1. The van der Waals surface area contributed by atoms with Crippen LogP contribution in [0, 0.1) is 11.3 Å². The van der Waals surface area contributed by atoms with Crippen molar-refractivity contribution in [3.05, 3.63) is 36.0 Å². The first-order valence-corrected chi connectivity index (χ1v) is 8.06. The molecule has 1 rings (SSSR count). The molecule has 0 aliphatic rings. The van der Waals surface area contributed by atoms with Crippen molar-refractivity contribution in [3.8, 4) is 11.8 Å². The average Bonchev–Trinajstić information content (AvgIpc) is 2.56. The van der Waals surface area contributed by atoms with Crippen LogP contribution in [-0.4, -0.2) is 31.8 Å². The third-order valence-corrected chi connectivity index (χ3v) is 2.95. The minimum atomic E-state index is -0.451. The number of benzene rings is 1. The van der Waals surface area contributed by atoms with Gasteiger partial charge in [0.1, 0.15) is 17.4 Å². The Labute approximate surface area is 143 Å². The molecule has 0 aromatic heterocycles. The molecule has 0 fully saturated rings. The Bertz CT molecular complexity index is 574. The van der Waals surface area contributed by atoms with Crippen LogP contribution in [0.2, 0.25) is 0 Å². The van der Waals surface area contributed by atoms with Gasteiger partial charge in [-0.2, -0.15) is 5.26 Å². The minimum absolute atomic E-state index is 0.0219. The number of carbonyl (C=O) groups excluding carboxylic acids is 1. The fraction of sp³-hybridized carbons (Fsp3) is 0.444. The molecule has 0 heterocycles. The third kappa shape index (κ3) is 7.65. The van der Waals surface area contributed by atoms with Crippen LogP contribution in [0.3, 0.4) is 0 Å². The molecule has 0 aliphatic heterocycles. The molecular formula is C18H25N3O3. The summed E-state index contributed by atoms with van der Waals surface area (Å²) in [5.41, 5.74) is 0.628. The average molecular weight is 331 g/mol. The third-order valence-electron chi connectivity index (χ3n) is 2.95. The normalized spacial score (nSPS) is 11.0. The van der Waals surface area contributed by atoms with Crippen molar-refractivity contribution in [1.82, 2.24) is 5.32 Å². The highest BCUT2D eigenvalue weighted by Crippen LogP contribution is 2.16. The van der Waals surface area contributed by atoms with Gasteiger partial charge in [-0.1, -0.05) is 0 Å². The van der Waals surface area contributed by atoms with Gasteiger partial charge in [-0.3, -0.25) is 4.79 Å². The quantitative estimate of drug-likeness (QED) is 0.391. The van der Waals surface area contributed by atoms with E-state index in [9.17, 15) is 4.79 Å². The number of anilines is 1. The van der Waals surface area contributed by atoms with E-state index in [0.717, 1.165) is 12.2 Å². The fourth-order valence-electron chi connectivity index (χ4n) is 1.82.